The van der Waals surface area contributed by atoms with Gasteiger partial charge in [0.2, 0.25) is 0 Å². The standard InChI is InChI=1S/C13H16N2O2S2/c1-8(16)3-5-14-12(17)11-9(2)15-13(19-11)10-4-6-18-7-10/h4,6-8,16H,3,5H2,1-2H3,(H,14,17). The molecule has 6 heteroatoms. The fraction of sp³-hybridized carbons (Fsp3) is 0.385. The van der Waals surface area contributed by atoms with Crippen molar-refractivity contribution in [1.29, 1.82) is 0 Å². The predicted molar refractivity (Wildman–Crippen MR) is 78.8 cm³/mol. The second-order valence-corrected chi connectivity index (χ2v) is 6.12. The first-order valence-electron chi connectivity index (χ1n) is 6.04. The molecular formula is C13H16N2O2S2. The molecule has 0 aliphatic rings. The Kier molecular flexibility index (Phi) is 4.68. The number of hydrogen-bond acceptors (Lipinski definition) is 5. The average Bonchev–Trinajstić information content (AvgIpc) is 2.96. The Labute approximate surface area is 120 Å². The van der Waals surface area contributed by atoms with Gasteiger partial charge in [-0.1, -0.05) is 0 Å². The summed E-state index contributed by atoms with van der Waals surface area (Å²) in [5.74, 6) is -0.114. The third-order valence-electron chi connectivity index (χ3n) is 2.62. The Hall–Kier alpha value is -1.24. The van der Waals surface area contributed by atoms with Crippen LogP contribution in [0.5, 0.6) is 0 Å². The van der Waals surface area contributed by atoms with Crippen molar-refractivity contribution < 1.29 is 9.90 Å². The van der Waals surface area contributed by atoms with Gasteiger partial charge in [0.05, 0.1) is 11.8 Å². The highest BCUT2D eigenvalue weighted by Crippen LogP contribution is 2.29. The molecule has 0 saturated heterocycles. The minimum absolute atomic E-state index is 0.114. The van der Waals surface area contributed by atoms with E-state index in [1.54, 1.807) is 18.3 Å². The van der Waals surface area contributed by atoms with Gasteiger partial charge in [-0.15, -0.1) is 11.3 Å². The van der Waals surface area contributed by atoms with Crippen LogP contribution in [0.2, 0.25) is 0 Å². The number of aliphatic hydroxyl groups excluding tert-OH is 1. The molecule has 1 atom stereocenters. The highest BCUT2D eigenvalue weighted by Gasteiger charge is 2.16. The number of carbonyl (C=O) groups is 1. The van der Waals surface area contributed by atoms with E-state index in [0.717, 1.165) is 16.3 Å². The van der Waals surface area contributed by atoms with E-state index in [-0.39, 0.29) is 5.91 Å². The van der Waals surface area contributed by atoms with Crippen LogP contribution in [0.15, 0.2) is 16.8 Å². The molecular weight excluding hydrogens is 280 g/mol. The summed E-state index contributed by atoms with van der Waals surface area (Å²) >= 11 is 3.02. The van der Waals surface area contributed by atoms with Crippen molar-refractivity contribution in [3.63, 3.8) is 0 Å². The van der Waals surface area contributed by atoms with Gasteiger partial charge in [0.15, 0.2) is 0 Å². The summed E-state index contributed by atoms with van der Waals surface area (Å²) < 4.78 is 0. The molecule has 2 rings (SSSR count). The SMILES string of the molecule is Cc1nc(-c2ccsc2)sc1C(=O)NCCC(C)O. The topological polar surface area (TPSA) is 62.2 Å². The number of aryl methyl sites for hydroxylation is 1. The molecule has 19 heavy (non-hydrogen) atoms. The van der Waals surface area contributed by atoms with Gasteiger partial charge in [-0.2, -0.15) is 11.3 Å². The minimum atomic E-state index is -0.399. The summed E-state index contributed by atoms with van der Waals surface area (Å²) in [4.78, 5) is 17.1. The van der Waals surface area contributed by atoms with Gasteiger partial charge in [-0.3, -0.25) is 4.79 Å². The normalized spacial score (nSPS) is 12.4. The van der Waals surface area contributed by atoms with E-state index in [9.17, 15) is 4.79 Å². The van der Waals surface area contributed by atoms with E-state index in [2.05, 4.69) is 10.3 Å². The van der Waals surface area contributed by atoms with E-state index in [4.69, 9.17) is 5.11 Å². The lowest BCUT2D eigenvalue weighted by Crippen LogP contribution is -2.26. The summed E-state index contributed by atoms with van der Waals surface area (Å²) in [6.07, 6.45) is 0.158. The number of carbonyl (C=O) groups excluding carboxylic acids is 1. The maximum Gasteiger partial charge on any atom is 0.263 e. The number of nitrogens with zero attached hydrogens (tertiary/aromatic N) is 1. The number of hydrogen-bond donors (Lipinski definition) is 2. The van der Waals surface area contributed by atoms with E-state index < -0.39 is 6.10 Å². The van der Waals surface area contributed by atoms with E-state index in [0.29, 0.717) is 17.8 Å². The Morgan fingerprint density at radius 3 is 3.00 bits per heavy atom. The van der Waals surface area contributed by atoms with Crippen molar-refractivity contribution in [2.45, 2.75) is 26.4 Å². The smallest absolute Gasteiger partial charge is 0.263 e. The Morgan fingerprint density at radius 2 is 2.37 bits per heavy atom. The molecule has 0 spiro atoms. The summed E-state index contributed by atoms with van der Waals surface area (Å²) in [5.41, 5.74) is 1.81. The van der Waals surface area contributed by atoms with E-state index in [1.807, 2.05) is 23.8 Å². The molecule has 0 aliphatic carbocycles. The Balaban J connectivity index is 2.06. The minimum Gasteiger partial charge on any atom is -0.393 e. The number of aliphatic hydroxyl groups is 1. The van der Waals surface area contributed by atoms with Crippen LogP contribution < -0.4 is 5.32 Å². The molecule has 2 N–H and O–H groups in total. The molecule has 1 unspecified atom stereocenters. The van der Waals surface area contributed by atoms with Gasteiger partial charge in [0, 0.05) is 17.5 Å². The molecule has 2 aromatic heterocycles. The molecule has 2 heterocycles. The zero-order valence-electron chi connectivity index (χ0n) is 10.8. The fourth-order valence-corrected chi connectivity index (χ4v) is 3.29. The number of rotatable bonds is 5. The first kappa shape index (κ1) is 14.2. The monoisotopic (exact) mass is 296 g/mol. The highest BCUT2D eigenvalue weighted by atomic mass is 32.1. The third-order valence-corrected chi connectivity index (χ3v) is 4.51. The summed E-state index contributed by atoms with van der Waals surface area (Å²) in [5, 5.41) is 16.9. The molecule has 102 valence electrons. The molecule has 0 radical (unpaired) electrons. The quantitative estimate of drug-likeness (QED) is 0.891. The van der Waals surface area contributed by atoms with Crippen molar-refractivity contribution in [2.75, 3.05) is 6.54 Å². The van der Waals surface area contributed by atoms with Crippen molar-refractivity contribution in [3.8, 4) is 10.6 Å². The number of amides is 1. The van der Waals surface area contributed by atoms with Gasteiger partial charge >= 0.3 is 0 Å². The molecule has 0 aromatic carbocycles. The van der Waals surface area contributed by atoms with Crippen LogP contribution in [0.1, 0.15) is 28.7 Å². The molecule has 0 fully saturated rings. The second-order valence-electron chi connectivity index (χ2n) is 4.34. The lowest BCUT2D eigenvalue weighted by atomic mass is 10.3. The molecule has 4 nitrogen and oxygen atoms in total. The zero-order valence-corrected chi connectivity index (χ0v) is 12.5. The lowest BCUT2D eigenvalue weighted by Gasteiger charge is -2.05. The van der Waals surface area contributed by atoms with Gasteiger partial charge in [0.1, 0.15) is 9.88 Å². The Morgan fingerprint density at radius 1 is 1.58 bits per heavy atom. The van der Waals surface area contributed by atoms with Crippen molar-refractivity contribution >= 4 is 28.6 Å². The van der Waals surface area contributed by atoms with Gasteiger partial charge < -0.3 is 10.4 Å². The number of thiazole rings is 1. The second kappa shape index (κ2) is 6.27. The Bertz CT molecular complexity index is 547. The maximum atomic E-state index is 12.0. The van der Waals surface area contributed by atoms with Crippen LogP contribution in [0, 0.1) is 6.92 Å². The summed E-state index contributed by atoms with van der Waals surface area (Å²) in [7, 11) is 0. The van der Waals surface area contributed by atoms with Crippen LogP contribution >= 0.6 is 22.7 Å². The van der Waals surface area contributed by atoms with E-state index >= 15 is 0 Å². The van der Waals surface area contributed by atoms with Gasteiger partial charge in [-0.25, -0.2) is 4.98 Å². The summed E-state index contributed by atoms with van der Waals surface area (Å²) in [6, 6.07) is 2.00. The van der Waals surface area contributed by atoms with Crippen LogP contribution in [-0.4, -0.2) is 28.6 Å². The zero-order chi connectivity index (χ0) is 13.8. The van der Waals surface area contributed by atoms with Crippen LogP contribution in [-0.2, 0) is 0 Å². The van der Waals surface area contributed by atoms with E-state index in [1.165, 1.54) is 11.3 Å². The maximum absolute atomic E-state index is 12.0. The number of thiophene rings is 1. The molecule has 0 bridgehead atoms. The molecule has 0 aliphatic heterocycles. The van der Waals surface area contributed by atoms with Gasteiger partial charge in [0.25, 0.3) is 5.91 Å². The first-order chi connectivity index (χ1) is 9.08. The van der Waals surface area contributed by atoms with Crippen molar-refractivity contribution in [1.82, 2.24) is 10.3 Å². The molecule has 2 aromatic rings. The van der Waals surface area contributed by atoms with Crippen LogP contribution in [0.25, 0.3) is 10.6 Å². The molecule has 0 saturated carbocycles. The third kappa shape index (κ3) is 3.62. The number of aromatic nitrogens is 1. The van der Waals surface area contributed by atoms with Crippen molar-refractivity contribution in [3.05, 3.63) is 27.4 Å². The fourth-order valence-electron chi connectivity index (χ4n) is 1.59. The van der Waals surface area contributed by atoms with Crippen molar-refractivity contribution in [2.24, 2.45) is 0 Å². The summed E-state index contributed by atoms with van der Waals surface area (Å²) in [6.45, 7) is 4.02. The van der Waals surface area contributed by atoms with Crippen LogP contribution in [0.3, 0.4) is 0 Å². The first-order valence-corrected chi connectivity index (χ1v) is 7.80. The van der Waals surface area contributed by atoms with Gasteiger partial charge in [-0.05, 0) is 31.7 Å². The lowest BCUT2D eigenvalue weighted by molar-refractivity contribution is 0.0949. The predicted octanol–water partition coefficient (Wildman–Crippen LogP) is 2.68. The largest absolute Gasteiger partial charge is 0.393 e. The average molecular weight is 296 g/mol. The highest BCUT2D eigenvalue weighted by molar-refractivity contribution is 7.17. The number of nitrogens with one attached hydrogen (secondary N) is 1. The van der Waals surface area contributed by atoms with Crippen LogP contribution in [0.4, 0.5) is 0 Å². The molecule has 1 amide bonds.